The zero-order valence-corrected chi connectivity index (χ0v) is 14.6. The lowest BCUT2D eigenvalue weighted by atomic mass is 9.93. The summed E-state index contributed by atoms with van der Waals surface area (Å²) in [6.45, 7) is 5.79. The summed E-state index contributed by atoms with van der Waals surface area (Å²) >= 11 is 0. The minimum Gasteiger partial charge on any atom is -0.487 e. The second-order valence-electron chi connectivity index (χ2n) is 6.91. The molecule has 1 amide bonds. The second kappa shape index (κ2) is 6.55. The number of carbonyl (C=O) groups excluding carboxylic acids is 2. The Morgan fingerprint density at radius 2 is 1.88 bits per heavy atom. The summed E-state index contributed by atoms with van der Waals surface area (Å²) in [5, 5.41) is 2.78. The highest BCUT2D eigenvalue weighted by atomic mass is 16.5. The standard InChI is InChI=1S/C21H21NO3/c1-14-4-6-15(7-5-14)8-11-20(24)22-16-9-10-19-17(12-16)18(23)13-21(2,3)25-19/h4-12H,13H2,1-3H3,(H,22,24)/b11-8+. The van der Waals surface area contributed by atoms with Crippen LogP contribution in [0.5, 0.6) is 5.75 Å². The largest absolute Gasteiger partial charge is 0.487 e. The van der Waals surface area contributed by atoms with E-state index in [4.69, 9.17) is 4.74 Å². The van der Waals surface area contributed by atoms with Gasteiger partial charge in [-0.1, -0.05) is 29.8 Å². The third-order valence-corrected chi connectivity index (χ3v) is 4.02. The van der Waals surface area contributed by atoms with Gasteiger partial charge in [0.25, 0.3) is 0 Å². The van der Waals surface area contributed by atoms with E-state index in [1.54, 1.807) is 24.3 Å². The molecule has 0 saturated carbocycles. The molecular formula is C21H21NO3. The van der Waals surface area contributed by atoms with E-state index in [-0.39, 0.29) is 11.7 Å². The van der Waals surface area contributed by atoms with Crippen molar-refractivity contribution in [2.45, 2.75) is 32.8 Å². The van der Waals surface area contributed by atoms with Crippen molar-refractivity contribution in [3.63, 3.8) is 0 Å². The summed E-state index contributed by atoms with van der Waals surface area (Å²) in [7, 11) is 0. The molecule has 0 aliphatic carbocycles. The highest BCUT2D eigenvalue weighted by molar-refractivity contribution is 6.04. The van der Waals surface area contributed by atoms with Crippen molar-refractivity contribution in [3.05, 3.63) is 65.2 Å². The van der Waals surface area contributed by atoms with Crippen LogP contribution in [0.1, 0.15) is 41.8 Å². The molecule has 0 spiro atoms. The van der Waals surface area contributed by atoms with Gasteiger partial charge in [-0.3, -0.25) is 9.59 Å². The Labute approximate surface area is 147 Å². The SMILES string of the molecule is Cc1ccc(/C=C/C(=O)Nc2ccc3c(c2)C(=O)CC(C)(C)O3)cc1. The fourth-order valence-corrected chi connectivity index (χ4v) is 2.76. The maximum atomic E-state index is 12.3. The molecule has 1 aliphatic rings. The van der Waals surface area contributed by atoms with Gasteiger partial charge in [0.2, 0.25) is 5.91 Å². The highest BCUT2D eigenvalue weighted by Gasteiger charge is 2.32. The first-order chi connectivity index (χ1) is 11.8. The summed E-state index contributed by atoms with van der Waals surface area (Å²) in [6, 6.07) is 13.0. The van der Waals surface area contributed by atoms with E-state index < -0.39 is 5.60 Å². The zero-order chi connectivity index (χ0) is 18.0. The van der Waals surface area contributed by atoms with Crippen molar-refractivity contribution in [3.8, 4) is 5.75 Å². The third kappa shape index (κ3) is 4.15. The first-order valence-corrected chi connectivity index (χ1v) is 8.24. The number of carbonyl (C=O) groups is 2. The van der Waals surface area contributed by atoms with Crippen LogP contribution in [0.3, 0.4) is 0 Å². The van der Waals surface area contributed by atoms with Crippen molar-refractivity contribution < 1.29 is 14.3 Å². The molecule has 0 unspecified atom stereocenters. The predicted octanol–water partition coefficient (Wildman–Crippen LogP) is 4.39. The first kappa shape index (κ1) is 17.0. The van der Waals surface area contributed by atoms with E-state index in [0.717, 1.165) is 5.56 Å². The normalized spacial score (nSPS) is 15.6. The molecule has 3 rings (SSSR count). The number of amides is 1. The number of aryl methyl sites for hydroxylation is 1. The lowest BCUT2D eigenvalue weighted by molar-refractivity contribution is -0.111. The van der Waals surface area contributed by atoms with Crippen molar-refractivity contribution >= 4 is 23.5 Å². The van der Waals surface area contributed by atoms with Crippen LogP contribution in [0.15, 0.2) is 48.5 Å². The van der Waals surface area contributed by atoms with Gasteiger partial charge in [0, 0.05) is 11.8 Å². The molecule has 0 bridgehead atoms. The monoisotopic (exact) mass is 335 g/mol. The maximum Gasteiger partial charge on any atom is 0.248 e. The Morgan fingerprint density at radius 3 is 2.60 bits per heavy atom. The van der Waals surface area contributed by atoms with Gasteiger partial charge in [0.1, 0.15) is 11.4 Å². The molecule has 0 atom stereocenters. The van der Waals surface area contributed by atoms with Gasteiger partial charge in [-0.15, -0.1) is 0 Å². The minimum absolute atomic E-state index is 0.0255. The van der Waals surface area contributed by atoms with Crippen molar-refractivity contribution in [1.82, 2.24) is 0 Å². The van der Waals surface area contributed by atoms with Crippen LogP contribution in [0.4, 0.5) is 5.69 Å². The van der Waals surface area contributed by atoms with Crippen molar-refractivity contribution in [2.75, 3.05) is 5.32 Å². The summed E-state index contributed by atoms with van der Waals surface area (Å²) in [6.07, 6.45) is 3.56. The number of Topliss-reactive ketones (excluding diaryl/α,β-unsaturated/α-hetero) is 1. The molecule has 128 valence electrons. The first-order valence-electron chi connectivity index (χ1n) is 8.24. The van der Waals surface area contributed by atoms with Crippen LogP contribution in [-0.4, -0.2) is 17.3 Å². The Morgan fingerprint density at radius 1 is 1.16 bits per heavy atom. The number of fused-ring (bicyclic) bond motifs is 1. The van der Waals surface area contributed by atoms with Crippen LogP contribution < -0.4 is 10.1 Å². The minimum atomic E-state index is -0.494. The van der Waals surface area contributed by atoms with Gasteiger partial charge in [0.15, 0.2) is 5.78 Å². The molecule has 2 aromatic carbocycles. The fourth-order valence-electron chi connectivity index (χ4n) is 2.76. The van der Waals surface area contributed by atoms with Crippen molar-refractivity contribution in [2.24, 2.45) is 0 Å². The number of ketones is 1. The predicted molar refractivity (Wildman–Crippen MR) is 98.9 cm³/mol. The van der Waals surface area contributed by atoms with Gasteiger partial charge >= 0.3 is 0 Å². The molecule has 2 aromatic rings. The molecule has 1 heterocycles. The average Bonchev–Trinajstić information content (AvgIpc) is 2.54. The summed E-state index contributed by atoms with van der Waals surface area (Å²) in [5.41, 5.74) is 2.72. The molecule has 1 N–H and O–H groups in total. The molecule has 0 saturated heterocycles. The number of rotatable bonds is 3. The van der Waals surface area contributed by atoms with E-state index in [1.165, 1.54) is 11.6 Å². The number of hydrogen-bond donors (Lipinski definition) is 1. The fraction of sp³-hybridized carbons (Fsp3) is 0.238. The quantitative estimate of drug-likeness (QED) is 0.846. The molecular weight excluding hydrogens is 314 g/mol. The van der Waals surface area contributed by atoms with Crippen LogP contribution in [0, 0.1) is 6.92 Å². The van der Waals surface area contributed by atoms with Crippen molar-refractivity contribution in [1.29, 1.82) is 0 Å². The Bertz CT molecular complexity index is 848. The molecule has 1 aliphatic heterocycles. The number of hydrogen-bond acceptors (Lipinski definition) is 3. The van der Waals surface area contributed by atoms with Crippen LogP contribution >= 0.6 is 0 Å². The highest BCUT2D eigenvalue weighted by Crippen LogP contribution is 2.34. The van der Waals surface area contributed by atoms with Crippen LogP contribution in [-0.2, 0) is 4.79 Å². The summed E-state index contributed by atoms with van der Waals surface area (Å²) < 4.78 is 5.82. The number of benzene rings is 2. The summed E-state index contributed by atoms with van der Waals surface area (Å²) in [4.78, 5) is 24.4. The topological polar surface area (TPSA) is 55.4 Å². The molecule has 25 heavy (non-hydrogen) atoms. The van der Waals surface area contributed by atoms with Gasteiger partial charge in [-0.05, 0) is 50.6 Å². The van der Waals surface area contributed by atoms with E-state index in [1.807, 2.05) is 45.0 Å². The molecule has 0 aromatic heterocycles. The lowest BCUT2D eigenvalue weighted by Crippen LogP contribution is -2.35. The zero-order valence-electron chi connectivity index (χ0n) is 14.6. The number of ether oxygens (including phenoxy) is 1. The Kier molecular flexibility index (Phi) is 4.45. The Hall–Kier alpha value is -2.88. The van der Waals surface area contributed by atoms with E-state index in [9.17, 15) is 9.59 Å². The summed E-state index contributed by atoms with van der Waals surface area (Å²) in [5.74, 6) is 0.344. The van der Waals surface area contributed by atoms with E-state index in [0.29, 0.717) is 23.4 Å². The van der Waals surface area contributed by atoms with Gasteiger partial charge in [-0.25, -0.2) is 0 Å². The number of nitrogens with one attached hydrogen (secondary N) is 1. The maximum absolute atomic E-state index is 12.3. The van der Waals surface area contributed by atoms with Gasteiger partial charge < -0.3 is 10.1 Å². The molecule has 4 heteroatoms. The van der Waals surface area contributed by atoms with Crippen LogP contribution in [0.2, 0.25) is 0 Å². The third-order valence-electron chi connectivity index (χ3n) is 4.02. The van der Waals surface area contributed by atoms with E-state index >= 15 is 0 Å². The molecule has 4 nitrogen and oxygen atoms in total. The number of anilines is 1. The molecule has 0 radical (unpaired) electrons. The molecule has 0 fully saturated rings. The average molecular weight is 335 g/mol. The lowest BCUT2D eigenvalue weighted by Gasteiger charge is -2.31. The smallest absolute Gasteiger partial charge is 0.248 e. The Balaban J connectivity index is 1.71. The van der Waals surface area contributed by atoms with Gasteiger partial charge in [-0.2, -0.15) is 0 Å². The van der Waals surface area contributed by atoms with Crippen LogP contribution in [0.25, 0.3) is 6.08 Å². The van der Waals surface area contributed by atoms with Gasteiger partial charge in [0.05, 0.1) is 12.0 Å². The van der Waals surface area contributed by atoms with E-state index in [2.05, 4.69) is 5.32 Å². The second-order valence-corrected chi connectivity index (χ2v) is 6.91.